The van der Waals surface area contributed by atoms with Gasteiger partial charge in [-0.2, -0.15) is 0 Å². The summed E-state index contributed by atoms with van der Waals surface area (Å²) in [6.07, 6.45) is 4.44. The number of rotatable bonds is 6. The molecule has 8 heteroatoms. The number of hydrogen-bond donors (Lipinski definition) is 1. The van der Waals surface area contributed by atoms with Crippen LogP contribution in [0.25, 0.3) is 0 Å². The van der Waals surface area contributed by atoms with Gasteiger partial charge in [-0.05, 0) is 42.2 Å². The van der Waals surface area contributed by atoms with E-state index in [0.717, 1.165) is 16.9 Å². The Kier molecular flexibility index (Phi) is 5.99. The molecule has 2 fully saturated rings. The van der Waals surface area contributed by atoms with Crippen molar-refractivity contribution < 1.29 is 19.1 Å². The second-order valence-electron chi connectivity index (χ2n) is 8.02. The second kappa shape index (κ2) is 8.85. The molecular formula is C23H26N4O4. The van der Waals surface area contributed by atoms with E-state index in [1.165, 1.54) is 0 Å². The van der Waals surface area contributed by atoms with E-state index in [0.29, 0.717) is 19.4 Å². The van der Waals surface area contributed by atoms with Gasteiger partial charge in [0.1, 0.15) is 11.8 Å². The Labute approximate surface area is 181 Å². The summed E-state index contributed by atoms with van der Waals surface area (Å²) in [7, 11) is 1.59. The minimum atomic E-state index is -0.750. The molecular weight excluding hydrogens is 396 g/mol. The maximum absolute atomic E-state index is 13.0. The number of benzene rings is 1. The number of carbonyl (C=O) groups excluding carboxylic acids is 3. The van der Waals surface area contributed by atoms with Crippen molar-refractivity contribution in [3.63, 3.8) is 0 Å². The van der Waals surface area contributed by atoms with Crippen molar-refractivity contribution in [3.05, 3.63) is 59.9 Å². The average molecular weight is 422 g/mol. The number of ketones is 1. The number of aromatic nitrogens is 1. The molecule has 162 valence electrons. The number of fused-ring (bicyclic) bond motifs is 1. The quantitative estimate of drug-likeness (QED) is 0.730. The number of pyridine rings is 1. The highest BCUT2D eigenvalue weighted by Crippen LogP contribution is 2.30. The number of amides is 2. The monoisotopic (exact) mass is 422 g/mol. The smallest absolute Gasteiger partial charge is 0.240 e. The molecule has 1 aromatic carbocycles. The molecule has 0 aliphatic carbocycles. The van der Waals surface area contributed by atoms with E-state index in [1.54, 1.807) is 35.4 Å². The number of ether oxygens (including phenoxy) is 1. The van der Waals surface area contributed by atoms with E-state index in [2.05, 4.69) is 4.98 Å². The summed E-state index contributed by atoms with van der Waals surface area (Å²) in [6, 6.07) is 9.37. The van der Waals surface area contributed by atoms with Gasteiger partial charge in [0.05, 0.1) is 32.2 Å². The Morgan fingerprint density at radius 1 is 1.19 bits per heavy atom. The van der Waals surface area contributed by atoms with E-state index >= 15 is 0 Å². The highest BCUT2D eigenvalue weighted by atomic mass is 16.5. The standard InChI is InChI=1S/C23H26N4O4/c1-31-17-6-4-15(5-7-17)11-18(24)23(30)26-10-8-19-22(26)20(28)14-27(19)21(29)12-16-3-2-9-25-13-16/h2-7,9,13,18-19,22H,8,10-12,14,24H2,1H3. The van der Waals surface area contributed by atoms with Gasteiger partial charge in [-0.15, -0.1) is 0 Å². The highest BCUT2D eigenvalue weighted by Gasteiger charge is 2.51. The molecule has 8 nitrogen and oxygen atoms in total. The Hall–Kier alpha value is -3.26. The van der Waals surface area contributed by atoms with Gasteiger partial charge in [0, 0.05) is 18.9 Å². The summed E-state index contributed by atoms with van der Waals surface area (Å²) in [5.74, 6) is 0.259. The average Bonchev–Trinajstić information content (AvgIpc) is 3.36. The van der Waals surface area contributed by atoms with Gasteiger partial charge in [0.25, 0.3) is 0 Å². The van der Waals surface area contributed by atoms with Crippen LogP contribution < -0.4 is 10.5 Å². The van der Waals surface area contributed by atoms with Crippen LogP contribution in [0, 0.1) is 0 Å². The molecule has 0 bridgehead atoms. The Balaban J connectivity index is 1.41. The fourth-order valence-corrected chi connectivity index (χ4v) is 4.48. The molecule has 4 rings (SSSR count). The van der Waals surface area contributed by atoms with Crippen molar-refractivity contribution in [2.45, 2.75) is 37.4 Å². The van der Waals surface area contributed by atoms with E-state index in [9.17, 15) is 14.4 Å². The van der Waals surface area contributed by atoms with E-state index in [1.807, 2.05) is 30.3 Å². The lowest BCUT2D eigenvalue weighted by molar-refractivity contribution is -0.137. The first-order valence-electron chi connectivity index (χ1n) is 10.4. The Morgan fingerprint density at radius 2 is 1.97 bits per heavy atom. The van der Waals surface area contributed by atoms with Crippen LogP contribution in [0.15, 0.2) is 48.8 Å². The van der Waals surface area contributed by atoms with Gasteiger partial charge < -0.3 is 20.3 Å². The van der Waals surface area contributed by atoms with Crippen LogP contribution in [0.1, 0.15) is 17.5 Å². The summed E-state index contributed by atoms with van der Waals surface area (Å²) >= 11 is 0. The SMILES string of the molecule is COc1ccc(CC(N)C(=O)N2CCC3C2C(=O)CN3C(=O)Cc2cccnc2)cc1. The number of hydrogen-bond acceptors (Lipinski definition) is 6. The normalized spacial score (nSPS) is 21.2. The summed E-state index contributed by atoms with van der Waals surface area (Å²) in [5.41, 5.74) is 7.92. The summed E-state index contributed by atoms with van der Waals surface area (Å²) < 4.78 is 5.15. The Bertz CT molecular complexity index is 963. The zero-order valence-electron chi connectivity index (χ0n) is 17.4. The van der Waals surface area contributed by atoms with Gasteiger partial charge in [-0.25, -0.2) is 0 Å². The van der Waals surface area contributed by atoms with Crippen LogP contribution in [0.5, 0.6) is 5.75 Å². The molecule has 1 aromatic heterocycles. The van der Waals surface area contributed by atoms with Crippen LogP contribution in [0.2, 0.25) is 0 Å². The fourth-order valence-electron chi connectivity index (χ4n) is 4.48. The molecule has 2 aliphatic rings. The first-order chi connectivity index (χ1) is 15.0. The lowest BCUT2D eigenvalue weighted by Gasteiger charge is -2.26. The minimum absolute atomic E-state index is 0.0337. The van der Waals surface area contributed by atoms with Crippen LogP contribution in [0.3, 0.4) is 0 Å². The number of likely N-dealkylation sites (tertiary alicyclic amines) is 2. The molecule has 0 radical (unpaired) electrons. The fraction of sp³-hybridized carbons (Fsp3) is 0.391. The summed E-state index contributed by atoms with van der Waals surface area (Å²) in [4.78, 5) is 45.8. The van der Waals surface area contributed by atoms with Crippen molar-refractivity contribution in [2.75, 3.05) is 20.2 Å². The molecule has 3 unspecified atom stereocenters. The van der Waals surface area contributed by atoms with Crippen molar-refractivity contribution >= 4 is 17.6 Å². The summed E-state index contributed by atoms with van der Waals surface area (Å²) in [5, 5.41) is 0. The number of Topliss-reactive ketones (excluding diaryl/α,β-unsaturated/α-hetero) is 1. The maximum Gasteiger partial charge on any atom is 0.240 e. The van der Waals surface area contributed by atoms with Gasteiger partial charge >= 0.3 is 0 Å². The van der Waals surface area contributed by atoms with E-state index in [-0.39, 0.29) is 36.6 Å². The molecule has 3 heterocycles. The van der Waals surface area contributed by atoms with E-state index in [4.69, 9.17) is 10.5 Å². The zero-order valence-corrected chi connectivity index (χ0v) is 17.4. The number of nitrogens with two attached hydrogens (primary N) is 1. The van der Waals surface area contributed by atoms with Crippen LogP contribution in [-0.2, 0) is 27.2 Å². The molecule has 0 spiro atoms. The largest absolute Gasteiger partial charge is 0.497 e. The van der Waals surface area contributed by atoms with Gasteiger partial charge in [-0.1, -0.05) is 18.2 Å². The molecule has 2 aromatic rings. The molecule has 2 saturated heterocycles. The molecule has 0 saturated carbocycles. The maximum atomic E-state index is 13.0. The van der Waals surface area contributed by atoms with Crippen molar-refractivity contribution in [1.82, 2.24) is 14.8 Å². The molecule has 2 N–H and O–H groups in total. The topological polar surface area (TPSA) is 106 Å². The van der Waals surface area contributed by atoms with Crippen LogP contribution in [-0.4, -0.2) is 70.7 Å². The van der Waals surface area contributed by atoms with Gasteiger partial charge in [-0.3, -0.25) is 19.4 Å². The molecule has 3 atom stereocenters. The van der Waals surface area contributed by atoms with Crippen molar-refractivity contribution in [2.24, 2.45) is 5.73 Å². The number of carbonyl (C=O) groups is 3. The molecule has 2 amide bonds. The molecule has 31 heavy (non-hydrogen) atoms. The second-order valence-corrected chi connectivity index (χ2v) is 8.02. The predicted octanol–water partition coefficient (Wildman–Crippen LogP) is 0.584. The Morgan fingerprint density at radius 3 is 2.65 bits per heavy atom. The summed E-state index contributed by atoms with van der Waals surface area (Å²) in [6.45, 7) is 0.457. The van der Waals surface area contributed by atoms with Crippen molar-refractivity contribution in [3.8, 4) is 5.75 Å². The first kappa shape index (κ1) is 21.0. The van der Waals surface area contributed by atoms with Gasteiger partial charge in [0.15, 0.2) is 5.78 Å². The van der Waals surface area contributed by atoms with Crippen LogP contribution in [0.4, 0.5) is 0 Å². The highest BCUT2D eigenvalue weighted by molar-refractivity contribution is 5.98. The number of nitrogens with zero attached hydrogens (tertiary/aromatic N) is 3. The third-order valence-electron chi connectivity index (χ3n) is 6.04. The predicted molar refractivity (Wildman–Crippen MR) is 113 cm³/mol. The van der Waals surface area contributed by atoms with Crippen LogP contribution >= 0.6 is 0 Å². The number of methoxy groups -OCH3 is 1. The lowest BCUT2D eigenvalue weighted by atomic mass is 10.0. The molecule has 2 aliphatic heterocycles. The minimum Gasteiger partial charge on any atom is -0.497 e. The zero-order chi connectivity index (χ0) is 22.0. The lowest BCUT2D eigenvalue weighted by Crippen LogP contribution is -2.50. The van der Waals surface area contributed by atoms with E-state index < -0.39 is 12.1 Å². The third-order valence-corrected chi connectivity index (χ3v) is 6.04. The van der Waals surface area contributed by atoms with Crippen molar-refractivity contribution in [1.29, 1.82) is 0 Å². The first-order valence-corrected chi connectivity index (χ1v) is 10.4. The van der Waals surface area contributed by atoms with Gasteiger partial charge in [0.2, 0.25) is 11.8 Å². The third kappa shape index (κ3) is 4.29.